The molecule has 2 rings (SSSR count). The molecule has 2 aromatic rings. The van der Waals surface area contributed by atoms with Crippen molar-refractivity contribution in [2.45, 2.75) is 23.6 Å². The molecule has 2 aromatic carbocycles. The van der Waals surface area contributed by atoms with Gasteiger partial charge in [0.05, 0.1) is 22.2 Å². The summed E-state index contributed by atoms with van der Waals surface area (Å²) < 4.78 is 60.8. The van der Waals surface area contributed by atoms with Gasteiger partial charge in [-0.3, -0.25) is 0 Å². The fourth-order valence-corrected chi connectivity index (χ4v) is 4.13. The SMILES string of the molecule is Cc1ccc(S(=O)(=O)CCOCOCNS(=O)(=O)c2ccc(C)cc2)cc1. The summed E-state index contributed by atoms with van der Waals surface area (Å²) in [6.45, 7) is 3.19. The van der Waals surface area contributed by atoms with Gasteiger partial charge in [0.25, 0.3) is 0 Å². The van der Waals surface area contributed by atoms with E-state index in [2.05, 4.69) is 4.72 Å². The quantitative estimate of drug-likeness (QED) is 0.473. The number of benzene rings is 2. The molecule has 0 spiro atoms. The van der Waals surface area contributed by atoms with Crippen LogP contribution in [-0.2, 0) is 29.3 Å². The fraction of sp³-hybridized carbons (Fsp3) is 0.333. The molecule has 0 heterocycles. The molecule has 7 nitrogen and oxygen atoms in total. The van der Waals surface area contributed by atoms with Crippen molar-refractivity contribution in [3.8, 4) is 0 Å². The predicted molar refractivity (Wildman–Crippen MR) is 102 cm³/mol. The Morgan fingerprint density at radius 3 is 1.85 bits per heavy atom. The molecule has 0 aliphatic carbocycles. The number of rotatable bonds is 10. The second-order valence-electron chi connectivity index (χ2n) is 5.97. The zero-order valence-electron chi connectivity index (χ0n) is 15.2. The Bertz CT molecular complexity index is 857. The summed E-state index contributed by atoms with van der Waals surface area (Å²) in [6, 6.07) is 13.0. The van der Waals surface area contributed by atoms with Gasteiger partial charge in [0, 0.05) is 0 Å². The van der Waals surface area contributed by atoms with E-state index in [4.69, 9.17) is 9.47 Å². The Morgan fingerprint density at radius 1 is 0.778 bits per heavy atom. The van der Waals surface area contributed by atoms with Gasteiger partial charge in [0.15, 0.2) is 9.84 Å². The van der Waals surface area contributed by atoms with Crippen LogP contribution in [0.25, 0.3) is 0 Å². The molecule has 0 aliphatic rings. The number of aryl methyl sites for hydroxylation is 2. The van der Waals surface area contributed by atoms with E-state index in [1.165, 1.54) is 12.1 Å². The molecule has 148 valence electrons. The van der Waals surface area contributed by atoms with Crippen LogP contribution in [0.1, 0.15) is 11.1 Å². The molecule has 1 N–H and O–H groups in total. The first kappa shape index (κ1) is 21.5. The summed E-state index contributed by atoms with van der Waals surface area (Å²) >= 11 is 0. The van der Waals surface area contributed by atoms with E-state index in [0.717, 1.165) is 11.1 Å². The van der Waals surface area contributed by atoms with Crippen molar-refractivity contribution >= 4 is 19.9 Å². The van der Waals surface area contributed by atoms with Crippen molar-refractivity contribution in [1.82, 2.24) is 4.72 Å². The van der Waals surface area contributed by atoms with Gasteiger partial charge in [-0.25, -0.2) is 16.8 Å². The van der Waals surface area contributed by atoms with E-state index >= 15 is 0 Å². The monoisotopic (exact) mass is 413 g/mol. The van der Waals surface area contributed by atoms with Gasteiger partial charge in [-0.2, -0.15) is 4.72 Å². The molecule has 0 atom stereocenters. The highest BCUT2D eigenvalue weighted by Crippen LogP contribution is 2.12. The lowest BCUT2D eigenvalue weighted by atomic mass is 10.2. The molecular weight excluding hydrogens is 390 g/mol. The summed E-state index contributed by atoms with van der Waals surface area (Å²) in [5.41, 5.74) is 1.94. The Balaban J connectivity index is 1.68. The highest BCUT2D eigenvalue weighted by atomic mass is 32.2. The highest BCUT2D eigenvalue weighted by molar-refractivity contribution is 7.91. The number of nitrogens with one attached hydrogen (secondary N) is 1. The van der Waals surface area contributed by atoms with Gasteiger partial charge in [0.2, 0.25) is 10.0 Å². The van der Waals surface area contributed by atoms with E-state index in [1.54, 1.807) is 36.4 Å². The van der Waals surface area contributed by atoms with Crippen molar-refractivity contribution in [3.05, 3.63) is 59.7 Å². The fourth-order valence-electron chi connectivity index (χ4n) is 2.11. The smallest absolute Gasteiger partial charge is 0.242 e. The summed E-state index contributed by atoms with van der Waals surface area (Å²) in [6.07, 6.45) is 0. The third-order valence-corrected chi connectivity index (χ3v) is 6.81. The molecule has 0 saturated heterocycles. The zero-order chi connectivity index (χ0) is 19.9. The first-order valence-corrected chi connectivity index (χ1v) is 11.4. The minimum Gasteiger partial charge on any atom is -0.354 e. The van der Waals surface area contributed by atoms with Crippen molar-refractivity contribution in [1.29, 1.82) is 0 Å². The van der Waals surface area contributed by atoms with Crippen molar-refractivity contribution in [3.63, 3.8) is 0 Å². The van der Waals surface area contributed by atoms with Crippen molar-refractivity contribution in [2.24, 2.45) is 0 Å². The summed E-state index contributed by atoms with van der Waals surface area (Å²) in [7, 11) is -7.08. The zero-order valence-corrected chi connectivity index (χ0v) is 16.8. The average molecular weight is 414 g/mol. The molecule has 0 bridgehead atoms. The largest absolute Gasteiger partial charge is 0.354 e. The molecule has 0 aliphatic heterocycles. The molecular formula is C18H23NO6S2. The molecule has 0 saturated carbocycles. The van der Waals surface area contributed by atoms with E-state index in [9.17, 15) is 16.8 Å². The Kier molecular flexibility index (Phi) is 7.51. The summed E-state index contributed by atoms with van der Waals surface area (Å²) in [4.78, 5) is 0.380. The molecule has 0 fully saturated rings. The standard InChI is InChI=1S/C18H23NO6S2/c1-15-3-7-17(8-4-15)26(20,21)12-11-24-14-25-13-19-27(22,23)18-9-5-16(2)6-10-18/h3-10,19H,11-14H2,1-2H3. The van der Waals surface area contributed by atoms with E-state index in [1.807, 2.05) is 13.8 Å². The van der Waals surface area contributed by atoms with Crippen LogP contribution in [0.3, 0.4) is 0 Å². The average Bonchev–Trinajstić information content (AvgIpc) is 2.61. The van der Waals surface area contributed by atoms with E-state index in [-0.39, 0.29) is 35.7 Å². The van der Waals surface area contributed by atoms with Crippen LogP contribution in [0, 0.1) is 13.8 Å². The third kappa shape index (κ3) is 6.71. The molecule has 0 unspecified atom stereocenters. The van der Waals surface area contributed by atoms with Crippen LogP contribution in [0.5, 0.6) is 0 Å². The van der Waals surface area contributed by atoms with E-state index in [0.29, 0.717) is 0 Å². The molecule has 0 radical (unpaired) electrons. The van der Waals surface area contributed by atoms with Gasteiger partial charge in [-0.1, -0.05) is 35.4 Å². The number of ether oxygens (including phenoxy) is 2. The van der Waals surface area contributed by atoms with E-state index < -0.39 is 19.9 Å². The maximum absolute atomic E-state index is 12.1. The first-order valence-electron chi connectivity index (χ1n) is 8.22. The van der Waals surface area contributed by atoms with Crippen LogP contribution < -0.4 is 4.72 Å². The summed E-state index contributed by atoms with van der Waals surface area (Å²) in [5, 5.41) is 0. The topological polar surface area (TPSA) is 98.8 Å². The van der Waals surface area contributed by atoms with Crippen LogP contribution in [0.4, 0.5) is 0 Å². The Labute approximate surface area is 160 Å². The van der Waals surface area contributed by atoms with Crippen LogP contribution >= 0.6 is 0 Å². The van der Waals surface area contributed by atoms with Crippen LogP contribution in [0.15, 0.2) is 58.3 Å². The normalized spacial score (nSPS) is 12.2. The second-order valence-corrected chi connectivity index (χ2v) is 9.84. The minimum atomic E-state index is -3.66. The lowest BCUT2D eigenvalue weighted by molar-refractivity contribution is -0.0498. The first-order chi connectivity index (χ1) is 12.7. The Hall–Kier alpha value is -1.78. The molecule has 0 amide bonds. The van der Waals surface area contributed by atoms with Gasteiger partial charge in [0.1, 0.15) is 13.5 Å². The van der Waals surface area contributed by atoms with Crippen LogP contribution in [0.2, 0.25) is 0 Å². The van der Waals surface area contributed by atoms with Crippen molar-refractivity contribution < 1.29 is 26.3 Å². The molecule has 9 heteroatoms. The maximum Gasteiger partial charge on any atom is 0.242 e. The van der Waals surface area contributed by atoms with Gasteiger partial charge in [-0.15, -0.1) is 0 Å². The number of sulfonamides is 1. The van der Waals surface area contributed by atoms with Gasteiger partial charge >= 0.3 is 0 Å². The lowest BCUT2D eigenvalue weighted by Crippen LogP contribution is -2.27. The predicted octanol–water partition coefficient (Wildman–Crippen LogP) is 2.00. The highest BCUT2D eigenvalue weighted by Gasteiger charge is 2.14. The minimum absolute atomic E-state index is 0.0546. The number of hydrogen-bond donors (Lipinski definition) is 1. The Morgan fingerprint density at radius 2 is 1.30 bits per heavy atom. The second kappa shape index (κ2) is 9.43. The summed E-state index contributed by atoms with van der Waals surface area (Å²) in [5.74, 6) is -0.186. The van der Waals surface area contributed by atoms with Gasteiger partial charge < -0.3 is 9.47 Å². The number of sulfone groups is 1. The number of hydrogen-bond acceptors (Lipinski definition) is 6. The van der Waals surface area contributed by atoms with Gasteiger partial charge in [-0.05, 0) is 38.1 Å². The molecule has 0 aromatic heterocycles. The van der Waals surface area contributed by atoms with Crippen LogP contribution in [-0.4, -0.2) is 42.7 Å². The maximum atomic E-state index is 12.1. The third-order valence-electron chi connectivity index (χ3n) is 3.73. The lowest BCUT2D eigenvalue weighted by Gasteiger charge is -2.09. The molecule has 27 heavy (non-hydrogen) atoms. The van der Waals surface area contributed by atoms with Crippen molar-refractivity contribution in [2.75, 3.05) is 25.9 Å².